The third-order valence-corrected chi connectivity index (χ3v) is 3.38. The molecule has 0 spiro atoms. The van der Waals surface area contributed by atoms with Gasteiger partial charge in [-0.3, -0.25) is 4.79 Å². The van der Waals surface area contributed by atoms with Gasteiger partial charge in [-0.15, -0.1) is 6.58 Å². The van der Waals surface area contributed by atoms with Gasteiger partial charge in [0, 0.05) is 26.2 Å². The molecule has 0 aromatic heterocycles. The van der Waals surface area contributed by atoms with Crippen LogP contribution in [0, 0.1) is 0 Å². The van der Waals surface area contributed by atoms with E-state index in [1.165, 1.54) is 0 Å². The highest BCUT2D eigenvalue weighted by molar-refractivity contribution is 5.74. The molecule has 2 amide bonds. The van der Waals surface area contributed by atoms with Crippen LogP contribution in [0.25, 0.3) is 0 Å². The molecule has 6 nitrogen and oxygen atoms in total. The van der Waals surface area contributed by atoms with Crippen LogP contribution in [0.15, 0.2) is 12.7 Å². The molecule has 1 rings (SSSR count). The molecular weight excluding hydrogens is 260 g/mol. The number of likely N-dealkylation sites (N-methyl/N-ethyl adjacent to an activating group) is 1. The van der Waals surface area contributed by atoms with Crippen LogP contribution >= 0.6 is 0 Å². The summed E-state index contributed by atoms with van der Waals surface area (Å²) in [5.74, 6) is -0.847. The lowest BCUT2D eigenvalue weighted by molar-refractivity contribution is -0.138. The van der Waals surface area contributed by atoms with Gasteiger partial charge in [0.1, 0.15) is 0 Å². The monoisotopic (exact) mass is 284 g/mol. The summed E-state index contributed by atoms with van der Waals surface area (Å²) < 4.78 is 5.51. The summed E-state index contributed by atoms with van der Waals surface area (Å²) in [6.45, 7) is 8.39. The molecule has 1 aliphatic rings. The Morgan fingerprint density at radius 1 is 1.45 bits per heavy atom. The topological polar surface area (TPSA) is 70.1 Å². The summed E-state index contributed by atoms with van der Waals surface area (Å²) >= 11 is 0. The molecule has 0 atom stereocenters. The van der Waals surface area contributed by atoms with Gasteiger partial charge < -0.3 is 19.6 Å². The van der Waals surface area contributed by atoms with Gasteiger partial charge >= 0.3 is 12.0 Å². The number of likely N-dealkylation sites (tertiary alicyclic amines) is 1. The zero-order valence-corrected chi connectivity index (χ0v) is 12.1. The zero-order valence-electron chi connectivity index (χ0n) is 12.1. The van der Waals surface area contributed by atoms with Crippen LogP contribution in [0.2, 0.25) is 0 Å². The molecule has 0 aromatic rings. The molecule has 1 fully saturated rings. The fourth-order valence-corrected chi connectivity index (χ4v) is 2.22. The van der Waals surface area contributed by atoms with E-state index >= 15 is 0 Å². The van der Waals surface area contributed by atoms with Crippen molar-refractivity contribution in [2.75, 3.05) is 32.8 Å². The van der Waals surface area contributed by atoms with E-state index in [4.69, 9.17) is 9.84 Å². The Bertz CT molecular complexity index is 338. The second kappa shape index (κ2) is 8.58. The number of carbonyl (C=O) groups is 2. The molecule has 0 aromatic carbocycles. The van der Waals surface area contributed by atoms with E-state index in [9.17, 15) is 9.59 Å². The lowest BCUT2D eigenvalue weighted by Crippen LogP contribution is -2.47. The zero-order chi connectivity index (χ0) is 15.0. The molecule has 1 N–H and O–H groups in total. The number of ether oxygens (including phenoxy) is 1. The highest BCUT2D eigenvalue weighted by Gasteiger charge is 2.25. The molecule has 0 aliphatic carbocycles. The predicted octanol–water partition coefficient (Wildman–Crippen LogP) is 1.57. The molecule has 0 unspecified atom stereocenters. The second-order valence-electron chi connectivity index (χ2n) is 4.81. The van der Waals surface area contributed by atoms with Crippen LogP contribution < -0.4 is 0 Å². The predicted molar refractivity (Wildman–Crippen MR) is 75.6 cm³/mol. The van der Waals surface area contributed by atoms with E-state index in [1.807, 2.05) is 11.8 Å². The largest absolute Gasteiger partial charge is 0.481 e. The van der Waals surface area contributed by atoms with Crippen molar-refractivity contribution in [1.82, 2.24) is 9.80 Å². The SMILES string of the molecule is C=CCN(CC)C(=O)N1CCC(OCCC(=O)O)CC1. The third-order valence-electron chi connectivity index (χ3n) is 3.38. The number of carboxylic acid groups (broad SMARTS) is 1. The van der Waals surface area contributed by atoms with Gasteiger partial charge in [-0.05, 0) is 19.8 Å². The third kappa shape index (κ3) is 5.21. The highest BCUT2D eigenvalue weighted by Crippen LogP contribution is 2.15. The van der Waals surface area contributed by atoms with Gasteiger partial charge in [0.2, 0.25) is 0 Å². The van der Waals surface area contributed by atoms with Gasteiger partial charge in [0.15, 0.2) is 0 Å². The Labute approximate surface area is 120 Å². The molecule has 6 heteroatoms. The summed E-state index contributed by atoms with van der Waals surface area (Å²) in [5.41, 5.74) is 0. The second-order valence-corrected chi connectivity index (χ2v) is 4.81. The molecule has 114 valence electrons. The Balaban J connectivity index is 2.32. The maximum atomic E-state index is 12.2. The molecule has 1 heterocycles. The van der Waals surface area contributed by atoms with Crippen LogP contribution in [-0.4, -0.2) is 65.8 Å². The highest BCUT2D eigenvalue weighted by atomic mass is 16.5. The number of aliphatic carboxylic acids is 1. The molecule has 0 bridgehead atoms. The average Bonchev–Trinajstić information content (AvgIpc) is 2.44. The van der Waals surface area contributed by atoms with Gasteiger partial charge in [0.05, 0.1) is 19.1 Å². The normalized spacial score (nSPS) is 15.9. The van der Waals surface area contributed by atoms with Crippen molar-refractivity contribution in [3.63, 3.8) is 0 Å². The van der Waals surface area contributed by atoms with Gasteiger partial charge in [-0.1, -0.05) is 6.08 Å². The number of urea groups is 1. The van der Waals surface area contributed by atoms with Gasteiger partial charge in [-0.25, -0.2) is 4.79 Å². The minimum atomic E-state index is -0.847. The summed E-state index contributed by atoms with van der Waals surface area (Å²) in [5, 5.41) is 8.55. The van der Waals surface area contributed by atoms with E-state index in [1.54, 1.807) is 11.0 Å². The van der Waals surface area contributed by atoms with Crippen LogP contribution in [0.5, 0.6) is 0 Å². The van der Waals surface area contributed by atoms with E-state index in [0.29, 0.717) is 26.2 Å². The van der Waals surface area contributed by atoms with Crippen molar-refractivity contribution in [3.05, 3.63) is 12.7 Å². The quantitative estimate of drug-likeness (QED) is 0.720. The number of carboxylic acids is 1. The number of piperidine rings is 1. The molecule has 0 radical (unpaired) electrons. The first-order chi connectivity index (χ1) is 9.58. The Kier molecular flexibility index (Phi) is 7.08. The van der Waals surface area contributed by atoms with E-state index in [0.717, 1.165) is 12.8 Å². The van der Waals surface area contributed by atoms with Gasteiger partial charge in [0.25, 0.3) is 0 Å². The molecule has 1 aliphatic heterocycles. The van der Waals surface area contributed by atoms with Crippen molar-refractivity contribution in [3.8, 4) is 0 Å². The lowest BCUT2D eigenvalue weighted by atomic mass is 10.1. The fraction of sp³-hybridized carbons (Fsp3) is 0.714. The van der Waals surface area contributed by atoms with Gasteiger partial charge in [-0.2, -0.15) is 0 Å². The lowest BCUT2D eigenvalue weighted by Gasteiger charge is -2.35. The summed E-state index contributed by atoms with van der Waals surface area (Å²) in [6, 6.07) is 0.0383. The Morgan fingerprint density at radius 2 is 2.10 bits per heavy atom. The molecular formula is C14H24N2O4. The summed E-state index contributed by atoms with van der Waals surface area (Å²) in [4.78, 5) is 26.2. The van der Waals surface area contributed by atoms with E-state index in [-0.39, 0.29) is 25.2 Å². The average molecular weight is 284 g/mol. The fourth-order valence-electron chi connectivity index (χ4n) is 2.22. The first-order valence-electron chi connectivity index (χ1n) is 7.06. The van der Waals surface area contributed by atoms with E-state index in [2.05, 4.69) is 6.58 Å². The number of nitrogens with zero attached hydrogens (tertiary/aromatic N) is 2. The maximum absolute atomic E-state index is 12.2. The first-order valence-corrected chi connectivity index (χ1v) is 7.06. The van der Waals surface area contributed by atoms with Crippen LogP contribution in [0.3, 0.4) is 0 Å². The molecule has 0 saturated carbocycles. The van der Waals surface area contributed by atoms with Crippen LogP contribution in [0.4, 0.5) is 4.79 Å². The van der Waals surface area contributed by atoms with E-state index < -0.39 is 5.97 Å². The molecule has 20 heavy (non-hydrogen) atoms. The first kappa shape index (κ1) is 16.5. The standard InChI is InChI=1S/C14H24N2O4/c1-3-8-15(4-2)14(19)16-9-5-12(6-10-16)20-11-7-13(17)18/h3,12H,1,4-11H2,2H3,(H,17,18). The summed E-state index contributed by atoms with van der Waals surface area (Å²) in [7, 11) is 0. The maximum Gasteiger partial charge on any atom is 0.320 e. The smallest absolute Gasteiger partial charge is 0.320 e. The number of rotatable bonds is 7. The number of hydrogen-bond acceptors (Lipinski definition) is 3. The summed E-state index contributed by atoms with van der Waals surface area (Å²) in [6.07, 6.45) is 3.34. The number of hydrogen-bond donors (Lipinski definition) is 1. The van der Waals surface area contributed by atoms with Crippen molar-refractivity contribution in [2.45, 2.75) is 32.3 Å². The number of carbonyl (C=O) groups excluding carboxylic acids is 1. The minimum absolute atomic E-state index is 0.0299. The van der Waals surface area contributed by atoms with Crippen LogP contribution in [0.1, 0.15) is 26.2 Å². The number of amides is 2. The van der Waals surface area contributed by atoms with Crippen molar-refractivity contribution in [2.24, 2.45) is 0 Å². The van der Waals surface area contributed by atoms with Crippen LogP contribution in [-0.2, 0) is 9.53 Å². The van der Waals surface area contributed by atoms with Crippen molar-refractivity contribution < 1.29 is 19.4 Å². The Morgan fingerprint density at radius 3 is 2.60 bits per heavy atom. The Hall–Kier alpha value is -1.56. The molecule has 1 saturated heterocycles. The van der Waals surface area contributed by atoms with Crippen molar-refractivity contribution in [1.29, 1.82) is 0 Å². The van der Waals surface area contributed by atoms with Crippen molar-refractivity contribution >= 4 is 12.0 Å². The minimum Gasteiger partial charge on any atom is -0.481 e.